The van der Waals surface area contributed by atoms with Gasteiger partial charge in [-0.05, 0) is 63.1 Å². The SMILES string of the molecule is CC1CN(S(=O)(=O)c2ccc(C(=O)Nc3cccc(OCC4CCCO4)c3)cc2)CC(C)O1. The van der Waals surface area contributed by atoms with E-state index in [-0.39, 0.29) is 29.1 Å². The predicted octanol–water partition coefficient (Wildman–Crippen LogP) is 3.29. The lowest BCUT2D eigenvalue weighted by Crippen LogP contribution is -2.48. The summed E-state index contributed by atoms with van der Waals surface area (Å²) >= 11 is 0. The van der Waals surface area contributed by atoms with Gasteiger partial charge in [-0.3, -0.25) is 4.79 Å². The fourth-order valence-corrected chi connectivity index (χ4v) is 5.68. The van der Waals surface area contributed by atoms with E-state index in [1.165, 1.54) is 28.6 Å². The molecule has 2 saturated heterocycles. The molecule has 9 heteroatoms. The van der Waals surface area contributed by atoms with Crippen LogP contribution in [-0.2, 0) is 19.5 Å². The van der Waals surface area contributed by atoms with E-state index in [1.807, 2.05) is 19.9 Å². The van der Waals surface area contributed by atoms with Gasteiger partial charge in [-0.1, -0.05) is 6.07 Å². The molecule has 2 heterocycles. The molecule has 2 fully saturated rings. The third kappa shape index (κ3) is 5.92. The molecule has 2 aromatic carbocycles. The van der Waals surface area contributed by atoms with Crippen molar-refractivity contribution in [3.05, 3.63) is 54.1 Å². The first-order valence-corrected chi connectivity index (χ1v) is 12.7. The minimum Gasteiger partial charge on any atom is -0.491 e. The standard InChI is InChI=1S/C24H30N2O6S/c1-17-14-26(15-18(2)32-17)33(28,29)23-10-8-19(9-11-23)24(27)25-20-5-3-6-21(13-20)31-16-22-7-4-12-30-22/h3,5-6,8-11,13,17-18,22H,4,7,12,14-16H2,1-2H3,(H,25,27). The van der Waals surface area contributed by atoms with Crippen LogP contribution in [0.3, 0.4) is 0 Å². The Balaban J connectivity index is 1.39. The maximum absolute atomic E-state index is 13.0. The summed E-state index contributed by atoms with van der Waals surface area (Å²) in [6, 6.07) is 13.1. The van der Waals surface area contributed by atoms with E-state index in [9.17, 15) is 13.2 Å². The normalized spacial score (nSPS) is 23.9. The first-order chi connectivity index (χ1) is 15.8. The summed E-state index contributed by atoms with van der Waals surface area (Å²) in [6.07, 6.45) is 1.82. The molecule has 0 radical (unpaired) electrons. The Morgan fingerprint density at radius 2 is 1.85 bits per heavy atom. The van der Waals surface area contributed by atoms with Crippen LogP contribution in [0, 0.1) is 0 Å². The van der Waals surface area contributed by atoms with Crippen LogP contribution in [0.25, 0.3) is 0 Å². The number of nitrogens with zero attached hydrogens (tertiary/aromatic N) is 1. The molecular weight excluding hydrogens is 444 g/mol. The molecule has 0 saturated carbocycles. The second-order valence-corrected chi connectivity index (χ2v) is 10.5. The van der Waals surface area contributed by atoms with Crippen LogP contribution in [0.15, 0.2) is 53.4 Å². The van der Waals surface area contributed by atoms with Crippen molar-refractivity contribution in [3.8, 4) is 5.75 Å². The van der Waals surface area contributed by atoms with Crippen LogP contribution >= 0.6 is 0 Å². The number of carbonyl (C=O) groups excluding carboxylic acids is 1. The lowest BCUT2D eigenvalue weighted by atomic mass is 10.2. The van der Waals surface area contributed by atoms with Gasteiger partial charge < -0.3 is 19.5 Å². The number of hydrogen-bond acceptors (Lipinski definition) is 6. The van der Waals surface area contributed by atoms with Gasteiger partial charge in [0.25, 0.3) is 5.91 Å². The van der Waals surface area contributed by atoms with Crippen LogP contribution in [0.1, 0.15) is 37.0 Å². The Bertz CT molecular complexity index is 1060. The molecule has 2 aliphatic rings. The summed E-state index contributed by atoms with van der Waals surface area (Å²) in [5, 5.41) is 2.83. The number of ether oxygens (including phenoxy) is 3. The number of morpholine rings is 1. The highest BCUT2D eigenvalue weighted by Crippen LogP contribution is 2.23. The molecule has 2 aromatic rings. The Labute approximate surface area is 194 Å². The average molecular weight is 475 g/mol. The van der Waals surface area contributed by atoms with Crippen molar-refractivity contribution in [2.75, 3.05) is 31.6 Å². The van der Waals surface area contributed by atoms with Gasteiger partial charge in [-0.25, -0.2) is 8.42 Å². The minimum atomic E-state index is -3.65. The van der Waals surface area contributed by atoms with Crippen LogP contribution in [-0.4, -0.2) is 63.2 Å². The third-order valence-electron chi connectivity index (χ3n) is 5.69. The molecule has 4 rings (SSSR count). The van der Waals surface area contributed by atoms with Crippen molar-refractivity contribution in [3.63, 3.8) is 0 Å². The van der Waals surface area contributed by atoms with Gasteiger partial charge in [-0.15, -0.1) is 0 Å². The smallest absolute Gasteiger partial charge is 0.255 e. The lowest BCUT2D eigenvalue weighted by Gasteiger charge is -2.34. The quantitative estimate of drug-likeness (QED) is 0.662. The van der Waals surface area contributed by atoms with Gasteiger partial charge in [0.2, 0.25) is 10.0 Å². The van der Waals surface area contributed by atoms with E-state index in [2.05, 4.69) is 5.32 Å². The summed E-state index contributed by atoms with van der Waals surface area (Å²) in [6.45, 7) is 5.58. The molecule has 0 spiro atoms. The highest BCUT2D eigenvalue weighted by Gasteiger charge is 2.32. The van der Waals surface area contributed by atoms with Crippen LogP contribution < -0.4 is 10.1 Å². The van der Waals surface area contributed by atoms with E-state index in [0.717, 1.165) is 19.4 Å². The molecule has 2 aliphatic heterocycles. The molecule has 3 atom stereocenters. The Kier molecular flexibility index (Phi) is 7.33. The van der Waals surface area contributed by atoms with E-state index in [1.54, 1.807) is 18.2 Å². The van der Waals surface area contributed by atoms with Crippen molar-refractivity contribution < 1.29 is 27.4 Å². The second kappa shape index (κ2) is 10.2. The summed E-state index contributed by atoms with van der Waals surface area (Å²) in [5.74, 6) is 0.322. The highest BCUT2D eigenvalue weighted by atomic mass is 32.2. The largest absolute Gasteiger partial charge is 0.491 e. The fourth-order valence-electron chi connectivity index (χ4n) is 4.09. The number of anilines is 1. The molecule has 33 heavy (non-hydrogen) atoms. The number of rotatable bonds is 7. The van der Waals surface area contributed by atoms with E-state index < -0.39 is 10.0 Å². The number of sulfonamides is 1. The van der Waals surface area contributed by atoms with E-state index >= 15 is 0 Å². The number of nitrogens with one attached hydrogen (secondary N) is 1. The van der Waals surface area contributed by atoms with Crippen molar-refractivity contribution in [1.29, 1.82) is 0 Å². The summed E-state index contributed by atoms with van der Waals surface area (Å²) in [4.78, 5) is 12.8. The number of benzene rings is 2. The third-order valence-corrected chi connectivity index (χ3v) is 7.54. The number of hydrogen-bond donors (Lipinski definition) is 1. The van der Waals surface area contributed by atoms with Crippen molar-refractivity contribution in [2.24, 2.45) is 0 Å². The summed E-state index contributed by atoms with van der Waals surface area (Å²) < 4.78 is 44.4. The first kappa shape index (κ1) is 23.7. The predicted molar refractivity (Wildman–Crippen MR) is 124 cm³/mol. The zero-order chi connectivity index (χ0) is 23.4. The molecule has 3 unspecified atom stereocenters. The molecule has 0 aromatic heterocycles. The summed E-state index contributed by atoms with van der Waals surface area (Å²) in [7, 11) is -3.65. The maximum Gasteiger partial charge on any atom is 0.255 e. The molecule has 178 valence electrons. The maximum atomic E-state index is 13.0. The van der Waals surface area contributed by atoms with E-state index in [0.29, 0.717) is 36.7 Å². The van der Waals surface area contributed by atoms with Gasteiger partial charge in [-0.2, -0.15) is 4.31 Å². The Morgan fingerprint density at radius 3 is 2.52 bits per heavy atom. The molecule has 0 bridgehead atoms. The van der Waals surface area contributed by atoms with Crippen molar-refractivity contribution in [2.45, 2.75) is 49.9 Å². The average Bonchev–Trinajstić information content (AvgIpc) is 3.31. The Hall–Kier alpha value is -2.46. The van der Waals surface area contributed by atoms with Gasteiger partial charge in [0.15, 0.2) is 0 Å². The number of carbonyl (C=O) groups is 1. The molecule has 1 amide bonds. The topological polar surface area (TPSA) is 94.2 Å². The minimum absolute atomic E-state index is 0.113. The van der Waals surface area contributed by atoms with Crippen molar-refractivity contribution in [1.82, 2.24) is 4.31 Å². The zero-order valence-corrected chi connectivity index (χ0v) is 19.7. The molecular formula is C24H30N2O6S. The monoisotopic (exact) mass is 474 g/mol. The first-order valence-electron chi connectivity index (χ1n) is 11.2. The van der Waals surface area contributed by atoms with Gasteiger partial charge >= 0.3 is 0 Å². The van der Waals surface area contributed by atoms with Crippen LogP contribution in [0.2, 0.25) is 0 Å². The fraction of sp³-hybridized carbons (Fsp3) is 0.458. The zero-order valence-electron chi connectivity index (χ0n) is 18.9. The molecule has 1 N–H and O–H groups in total. The van der Waals surface area contributed by atoms with Gasteiger partial charge in [0, 0.05) is 37.0 Å². The summed E-state index contributed by atoms with van der Waals surface area (Å²) in [5.41, 5.74) is 0.959. The van der Waals surface area contributed by atoms with Crippen molar-refractivity contribution >= 4 is 21.6 Å². The van der Waals surface area contributed by atoms with Gasteiger partial charge in [0.05, 0.1) is 23.2 Å². The Morgan fingerprint density at radius 1 is 1.12 bits per heavy atom. The number of amides is 1. The molecule has 8 nitrogen and oxygen atoms in total. The van der Waals surface area contributed by atoms with E-state index in [4.69, 9.17) is 14.2 Å². The highest BCUT2D eigenvalue weighted by molar-refractivity contribution is 7.89. The van der Waals surface area contributed by atoms with Gasteiger partial charge in [0.1, 0.15) is 12.4 Å². The molecule has 0 aliphatic carbocycles. The van der Waals surface area contributed by atoms with Crippen LogP contribution in [0.4, 0.5) is 5.69 Å². The second-order valence-electron chi connectivity index (χ2n) is 8.53. The lowest BCUT2D eigenvalue weighted by molar-refractivity contribution is -0.0440. The van der Waals surface area contributed by atoms with Crippen LogP contribution in [0.5, 0.6) is 5.75 Å².